The Balaban J connectivity index is 3.01. The standard InChI is InChI=1S/C14H20/c1-5-12(4)14(6-2)13-9-7-8-11(3)10-13/h5-6,10-11H,1-2,7-9H2,3-4H3/b14-12+. The lowest BCUT2D eigenvalue weighted by Gasteiger charge is -2.19. The van der Waals surface area contributed by atoms with Crippen LogP contribution in [0.5, 0.6) is 0 Å². The summed E-state index contributed by atoms with van der Waals surface area (Å²) in [4.78, 5) is 0. The monoisotopic (exact) mass is 188 g/mol. The molecular weight excluding hydrogens is 168 g/mol. The molecule has 1 aliphatic rings. The fourth-order valence-electron chi connectivity index (χ4n) is 2.00. The lowest BCUT2D eigenvalue weighted by atomic mass is 9.86. The van der Waals surface area contributed by atoms with Crippen LogP contribution in [0.1, 0.15) is 33.1 Å². The second-order valence-electron chi connectivity index (χ2n) is 4.07. The third-order valence-corrected chi connectivity index (χ3v) is 2.87. The SMILES string of the molecule is C=C/C(C)=C(\C=C)C1=CC(C)CCC1. The van der Waals surface area contributed by atoms with Crippen LogP contribution >= 0.6 is 0 Å². The first-order chi connectivity index (χ1) is 6.69. The molecule has 0 heteroatoms. The van der Waals surface area contributed by atoms with Crippen molar-refractivity contribution in [2.45, 2.75) is 33.1 Å². The molecule has 76 valence electrons. The minimum atomic E-state index is 0.714. The highest BCUT2D eigenvalue weighted by Crippen LogP contribution is 2.29. The van der Waals surface area contributed by atoms with Crippen molar-refractivity contribution in [1.82, 2.24) is 0 Å². The van der Waals surface area contributed by atoms with Gasteiger partial charge in [0.25, 0.3) is 0 Å². The van der Waals surface area contributed by atoms with Crippen LogP contribution in [0.15, 0.2) is 48.1 Å². The molecule has 0 aliphatic heterocycles. The van der Waals surface area contributed by atoms with E-state index >= 15 is 0 Å². The molecule has 0 aromatic rings. The summed E-state index contributed by atoms with van der Waals surface area (Å²) >= 11 is 0. The highest BCUT2D eigenvalue weighted by Gasteiger charge is 2.12. The molecule has 1 atom stereocenters. The second kappa shape index (κ2) is 4.99. The smallest absolute Gasteiger partial charge is 0.0204 e. The molecule has 0 nitrogen and oxygen atoms in total. The largest absolute Gasteiger partial charge is 0.0988 e. The summed E-state index contributed by atoms with van der Waals surface area (Å²) in [6, 6.07) is 0. The Bertz CT molecular complexity index is 289. The molecule has 0 radical (unpaired) electrons. The van der Waals surface area contributed by atoms with Gasteiger partial charge in [-0.05, 0) is 48.8 Å². The van der Waals surface area contributed by atoms with E-state index in [9.17, 15) is 0 Å². The van der Waals surface area contributed by atoms with Gasteiger partial charge in [0.05, 0.1) is 0 Å². The maximum atomic E-state index is 3.88. The van der Waals surface area contributed by atoms with E-state index in [4.69, 9.17) is 0 Å². The fraction of sp³-hybridized carbons (Fsp3) is 0.429. The van der Waals surface area contributed by atoms with Crippen LogP contribution in [0.3, 0.4) is 0 Å². The van der Waals surface area contributed by atoms with Crippen LogP contribution in [0.4, 0.5) is 0 Å². The minimum absolute atomic E-state index is 0.714. The predicted molar refractivity (Wildman–Crippen MR) is 64.2 cm³/mol. The van der Waals surface area contributed by atoms with Crippen molar-refractivity contribution in [2.24, 2.45) is 5.92 Å². The summed E-state index contributed by atoms with van der Waals surface area (Å²) in [6.07, 6.45) is 10.1. The molecule has 0 amide bonds. The average molecular weight is 188 g/mol. The molecule has 1 rings (SSSR count). The molecule has 0 N–H and O–H groups in total. The van der Waals surface area contributed by atoms with E-state index in [-0.39, 0.29) is 0 Å². The number of hydrogen-bond donors (Lipinski definition) is 0. The summed E-state index contributed by atoms with van der Waals surface area (Å²) in [7, 11) is 0. The molecule has 0 aromatic heterocycles. The Kier molecular flexibility index (Phi) is 3.94. The van der Waals surface area contributed by atoms with E-state index in [1.165, 1.54) is 36.0 Å². The van der Waals surface area contributed by atoms with E-state index in [0.29, 0.717) is 5.92 Å². The molecule has 0 bridgehead atoms. The molecule has 1 unspecified atom stereocenters. The van der Waals surface area contributed by atoms with E-state index in [1.54, 1.807) is 0 Å². The van der Waals surface area contributed by atoms with Gasteiger partial charge in [0.2, 0.25) is 0 Å². The second-order valence-corrected chi connectivity index (χ2v) is 4.07. The first kappa shape index (κ1) is 11.0. The zero-order valence-electron chi connectivity index (χ0n) is 9.34. The van der Waals surface area contributed by atoms with Crippen molar-refractivity contribution in [3.8, 4) is 0 Å². The zero-order valence-corrected chi connectivity index (χ0v) is 9.34. The van der Waals surface area contributed by atoms with Crippen LogP contribution in [0, 0.1) is 5.92 Å². The molecule has 0 fully saturated rings. The molecule has 0 heterocycles. The van der Waals surface area contributed by atoms with Gasteiger partial charge in [-0.25, -0.2) is 0 Å². The molecule has 0 saturated carbocycles. The lowest BCUT2D eigenvalue weighted by molar-refractivity contribution is 0.571. The van der Waals surface area contributed by atoms with Crippen LogP contribution in [0.25, 0.3) is 0 Å². The Hall–Kier alpha value is -1.04. The maximum absolute atomic E-state index is 3.88. The van der Waals surface area contributed by atoms with Crippen molar-refractivity contribution in [3.63, 3.8) is 0 Å². The third-order valence-electron chi connectivity index (χ3n) is 2.87. The summed E-state index contributed by atoms with van der Waals surface area (Å²) < 4.78 is 0. The number of rotatable bonds is 3. The van der Waals surface area contributed by atoms with Gasteiger partial charge in [-0.3, -0.25) is 0 Å². The van der Waals surface area contributed by atoms with Crippen molar-refractivity contribution >= 4 is 0 Å². The quantitative estimate of drug-likeness (QED) is 0.575. The van der Waals surface area contributed by atoms with Crippen molar-refractivity contribution in [2.75, 3.05) is 0 Å². The normalized spacial score (nSPS) is 23.6. The van der Waals surface area contributed by atoms with Crippen LogP contribution in [0.2, 0.25) is 0 Å². The third kappa shape index (κ3) is 2.47. The molecule has 0 aromatic carbocycles. The van der Waals surface area contributed by atoms with Crippen molar-refractivity contribution in [3.05, 3.63) is 48.1 Å². The zero-order chi connectivity index (χ0) is 10.6. The maximum Gasteiger partial charge on any atom is -0.0204 e. The Morgan fingerprint density at radius 1 is 1.43 bits per heavy atom. The predicted octanol–water partition coefficient (Wildman–Crippen LogP) is 4.42. The number of allylic oxidation sites excluding steroid dienone is 6. The summed E-state index contributed by atoms with van der Waals surface area (Å²) in [6.45, 7) is 12.1. The summed E-state index contributed by atoms with van der Waals surface area (Å²) in [5, 5.41) is 0. The van der Waals surface area contributed by atoms with E-state index < -0.39 is 0 Å². The van der Waals surface area contributed by atoms with Gasteiger partial charge >= 0.3 is 0 Å². The molecule has 14 heavy (non-hydrogen) atoms. The van der Waals surface area contributed by atoms with Crippen LogP contribution < -0.4 is 0 Å². The van der Waals surface area contributed by atoms with E-state index in [2.05, 4.69) is 33.1 Å². The van der Waals surface area contributed by atoms with Crippen LogP contribution in [-0.4, -0.2) is 0 Å². The van der Waals surface area contributed by atoms with Gasteiger partial charge in [-0.15, -0.1) is 0 Å². The highest BCUT2D eigenvalue weighted by atomic mass is 14.2. The van der Waals surface area contributed by atoms with Crippen molar-refractivity contribution in [1.29, 1.82) is 0 Å². The Morgan fingerprint density at radius 2 is 2.14 bits per heavy atom. The average Bonchev–Trinajstić information content (AvgIpc) is 2.19. The first-order valence-electron chi connectivity index (χ1n) is 5.36. The summed E-state index contributed by atoms with van der Waals surface area (Å²) in [5.41, 5.74) is 3.98. The molecule has 0 spiro atoms. The molecular formula is C14H20. The molecule has 1 aliphatic carbocycles. The van der Waals surface area contributed by atoms with Gasteiger partial charge in [0.1, 0.15) is 0 Å². The Labute approximate surface area is 87.7 Å². The fourth-order valence-corrected chi connectivity index (χ4v) is 2.00. The highest BCUT2D eigenvalue weighted by molar-refractivity contribution is 5.46. The number of hydrogen-bond acceptors (Lipinski definition) is 0. The van der Waals surface area contributed by atoms with Gasteiger partial charge in [0, 0.05) is 0 Å². The van der Waals surface area contributed by atoms with Gasteiger partial charge in [0.15, 0.2) is 0 Å². The summed E-state index contributed by atoms with van der Waals surface area (Å²) in [5.74, 6) is 0.714. The lowest BCUT2D eigenvalue weighted by Crippen LogP contribution is -2.02. The van der Waals surface area contributed by atoms with Gasteiger partial charge in [-0.2, -0.15) is 0 Å². The van der Waals surface area contributed by atoms with Gasteiger partial charge < -0.3 is 0 Å². The van der Waals surface area contributed by atoms with Crippen molar-refractivity contribution < 1.29 is 0 Å². The van der Waals surface area contributed by atoms with Crippen LogP contribution in [-0.2, 0) is 0 Å². The topological polar surface area (TPSA) is 0 Å². The Morgan fingerprint density at radius 3 is 2.64 bits per heavy atom. The van der Waals surface area contributed by atoms with E-state index in [0.717, 1.165) is 0 Å². The minimum Gasteiger partial charge on any atom is -0.0988 e. The first-order valence-corrected chi connectivity index (χ1v) is 5.36. The van der Waals surface area contributed by atoms with E-state index in [1.807, 2.05) is 12.2 Å². The molecule has 0 saturated heterocycles. The van der Waals surface area contributed by atoms with Gasteiger partial charge in [-0.1, -0.05) is 38.3 Å².